The van der Waals surface area contributed by atoms with Crippen LogP contribution in [0, 0.1) is 24.0 Å². The summed E-state index contributed by atoms with van der Waals surface area (Å²) in [6.07, 6.45) is 0. The minimum absolute atomic E-state index is 0.0400. The Balaban J connectivity index is 1.75. The van der Waals surface area contributed by atoms with Crippen LogP contribution in [-0.2, 0) is 4.79 Å². The number of amides is 1. The van der Waals surface area contributed by atoms with Crippen LogP contribution in [0.2, 0.25) is 0 Å². The number of carbonyl (C=O) groups excluding carboxylic acids is 1. The molecule has 25 heavy (non-hydrogen) atoms. The van der Waals surface area contributed by atoms with Crippen LogP contribution in [0.4, 0.5) is 5.82 Å². The Bertz CT molecular complexity index is 764. The average Bonchev–Trinajstić information content (AvgIpc) is 2.57. The first-order valence-corrected chi connectivity index (χ1v) is 7.66. The minimum atomic E-state index is -0.643. The Kier molecular flexibility index (Phi) is 6.27. The van der Waals surface area contributed by atoms with E-state index in [1.165, 1.54) is 6.07 Å². The van der Waals surface area contributed by atoms with E-state index in [9.17, 15) is 14.9 Å². The SMILES string of the molecule is Cc1cccc(OCCNC(=O)COc2ccc(C)nc2[N+](=O)[O-])c1. The second kappa shape index (κ2) is 8.62. The molecule has 0 unspecified atom stereocenters. The van der Waals surface area contributed by atoms with Crippen LogP contribution >= 0.6 is 0 Å². The molecule has 0 radical (unpaired) electrons. The molecular formula is C17H19N3O5. The quantitative estimate of drug-likeness (QED) is 0.447. The van der Waals surface area contributed by atoms with Gasteiger partial charge in [-0.1, -0.05) is 12.1 Å². The molecule has 0 atom stereocenters. The number of nitro groups is 1. The van der Waals surface area contributed by atoms with E-state index in [0.29, 0.717) is 18.8 Å². The van der Waals surface area contributed by atoms with Crippen LogP contribution in [0.25, 0.3) is 0 Å². The third-order valence-electron chi connectivity index (χ3n) is 3.19. The van der Waals surface area contributed by atoms with E-state index in [0.717, 1.165) is 11.3 Å². The van der Waals surface area contributed by atoms with E-state index in [1.54, 1.807) is 13.0 Å². The normalized spacial score (nSPS) is 10.2. The van der Waals surface area contributed by atoms with E-state index in [4.69, 9.17) is 9.47 Å². The number of carbonyl (C=O) groups is 1. The summed E-state index contributed by atoms with van der Waals surface area (Å²) < 4.78 is 10.7. The Labute approximate surface area is 144 Å². The number of benzene rings is 1. The van der Waals surface area contributed by atoms with Gasteiger partial charge in [0.05, 0.1) is 6.54 Å². The van der Waals surface area contributed by atoms with E-state index in [1.807, 2.05) is 31.2 Å². The van der Waals surface area contributed by atoms with Crippen molar-refractivity contribution >= 4 is 11.7 Å². The lowest BCUT2D eigenvalue weighted by Crippen LogP contribution is -2.32. The molecule has 2 aromatic rings. The highest BCUT2D eigenvalue weighted by Gasteiger charge is 2.18. The standard InChI is InChI=1S/C17H19N3O5/c1-12-4-3-5-14(10-12)24-9-8-18-16(21)11-25-15-7-6-13(2)19-17(15)20(22)23/h3-7,10H,8-9,11H2,1-2H3,(H,18,21). The molecule has 0 fully saturated rings. The molecule has 0 saturated carbocycles. The number of ether oxygens (including phenoxy) is 2. The number of aryl methyl sites for hydroxylation is 2. The molecule has 1 aromatic heterocycles. The predicted molar refractivity (Wildman–Crippen MR) is 90.8 cm³/mol. The van der Waals surface area contributed by atoms with Gasteiger partial charge in [-0.05, 0) is 46.7 Å². The summed E-state index contributed by atoms with van der Waals surface area (Å²) in [5.41, 5.74) is 1.58. The Morgan fingerprint density at radius 1 is 1.24 bits per heavy atom. The first kappa shape index (κ1) is 18.2. The van der Waals surface area contributed by atoms with E-state index >= 15 is 0 Å². The summed E-state index contributed by atoms with van der Waals surface area (Å²) in [4.78, 5) is 25.8. The fourth-order valence-corrected chi connectivity index (χ4v) is 2.03. The molecule has 0 aliphatic carbocycles. The summed E-state index contributed by atoms with van der Waals surface area (Å²) in [6, 6.07) is 10.6. The maximum Gasteiger partial charge on any atom is 0.406 e. The van der Waals surface area contributed by atoms with E-state index < -0.39 is 16.6 Å². The second-order valence-corrected chi connectivity index (χ2v) is 5.34. The monoisotopic (exact) mass is 345 g/mol. The van der Waals surface area contributed by atoms with Gasteiger partial charge in [-0.2, -0.15) is 0 Å². The third kappa shape index (κ3) is 5.76. The summed E-state index contributed by atoms with van der Waals surface area (Å²) in [5, 5.41) is 13.6. The largest absolute Gasteiger partial charge is 0.492 e. The smallest absolute Gasteiger partial charge is 0.406 e. The fraction of sp³-hybridized carbons (Fsp3) is 0.294. The van der Waals surface area contributed by atoms with Crippen molar-refractivity contribution in [1.82, 2.24) is 10.3 Å². The van der Waals surface area contributed by atoms with Crippen LogP contribution in [0.1, 0.15) is 11.3 Å². The molecule has 0 aliphatic rings. The first-order chi connectivity index (χ1) is 12.0. The zero-order valence-corrected chi connectivity index (χ0v) is 14.0. The number of nitrogens with zero attached hydrogens (tertiary/aromatic N) is 2. The lowest BCUT2D eigenvalue weighted by atomic mass is 10.2. The number of nitrogens with one attached hydrogen (secondary N) is 1. The van der Waals surface area contributed by atoms with Gasteiger partial charge in [-0.25, -0.2) is 0 Å². The number of hydrogen-bond donors (Lipinski definition) is 1. The third-order valence-corrected chi connectivity index (χ3v) is 3.19. The zero-order chi connectivity index (χ0) is 18.2. The van der Waals surface area contributed by atoms with Crippen molar-refractivity contribution in [3.05, 3.63) is 57.8 Å². The molecule has 2 rings (SSSR count). The molecule has 8 nitrogen and oxygen atoms in total. The first-order valence-electron chi connectivity index (χ1n) is 7.66. The summed E-state index contributed by atoms with van der Waals surface area (Å²) in [6.45, 7) is 3.87. The van der Waals surface area contributed by atoms with Gasteiger partial charge in [0.25, 0.3) is 5.91 Å². The van der Waals surface area contributed by atoms with Gasteiger partial charge >= 0.3 is 5.82 Å². The van der Waals surface area contributed by atoms with Gasteiger partial charge < -0.3 is 24.9 Å². The minimum Gasteiger partial charge on any atom is -0.492 e. The van der Waals surface area contributed by atoms with Crippen molar-refractivity contribution < 1.29 is 19.2 Å². The fourth-order valence-electron chi connectivity index (χ4n) is 2.03. The van der Waals surface area contributed by atoms with E-state index in [-0.39, 0.29) is 12.4 Å². The van der Waals surface area contributed by atoms with Crippen molar-refractivity contribution in [3.8, 4) is 11.5 Å². The number of rotatable bonds is 8. The highest BCUT2D eigenvalue weighted by molar-refractivity contribution is 5.77. The van der Waals surface area contributed by atoms with Crippen molar-refractivity contribution in [2.45, 2.75) is 13.8 Å². The molecule has 8 heteroatoms. The lowest BCUT2D eigenvalue weighted by molar-refractivity contribution is -0.390. The molecule has 1 N–H and O–H groups in total. The Morgan fingerprint density at radius 3 is 2.76 bits per heavy atom. The highest BCUT2D eigenvalue weighted by Crippen LogP contribution is 2.24. The molecule has 1 amide bonds. The molecule has 0 bridgehead atoms. The molecule has 0 spiro atoms. The molecule has 0 aliphatic heterocycles. The number of hydrogen-bond acceptors (Lipinski definition) is 6. The Morgan fingerprint density at radius 2 is 2.04 bits per heavy atom. The van der Waals surface area contributed by atoms with Crippen molar-refractivity contribution in [2.24, 2.45) is 0 Å². The van der Waals surface area contributed by atoms with Gasteiger partial charge in [0.1, 0.15) is 18.1 Å². The molecular weight excluding hydrogens is 326 g/mol. The average molecular weight is 345 g/mol. The predicted octanol–water partition coefficient (Wildman–Crippen LogP) is 2.18. The van der Waals surface area contributed by atoms with Crippen molar-refractivity contribution in [3.63, 3.8) is 0 Å². The van der Waals surface area contributed by atoms with Crippen molar-refractivity contribution in [1.29, 1.82) is 0 Å². The van der Waals surface area contributed by atoms with Gasteiger partial charge in [0.15, 0.2) is 6.61 Å². The second-order valence-electron chi connectivity index (χ2n) is 5.34. The van der Waals surface area contributed by atoms with Crippen LogP contribution in [-0.4, -0.2) is 35.6 Å². The van der Waals surface area contributed by atoms with Crippen LogP contribution in [0.5, 0.6) is 11.5 Å². The summed E-state index contributed by atoms with van der Waals surface area (Å²) in [5.74, 6) is -0.119. The lowest BCUT2D eigenvalue weighted by Gasteiger charge is -2.09. The molecule has 132 valence electrons. The highest BCUT2D eigenvalue weighted by atomic mass is 16.6. The maximum absolute atomic E-state index is 11.7. The molecule has 1 heterocycles. The number of aromatic nitrogens is 1. The van der Waals surface area contributed by atoms with Crippen LogP contribution in [0.15, 0.2) is 36.4 Å². The van der Waals surface area contributed by atoms with Crippen LogP contribution < -0.4 is 14.8 Å². The topological polar surface area (TPSA) is 104 Å². The van der Waals surface area contributed by atoms with Gasteiger partial charge in [0.2, 0.25) is 5.75 Å². The number of pyridine rings is 1. The summed E-state index contributed by atoms with van der Waals surface area (Å²) >= 11 is 0. The maximum atomic E-state index is 11.7. The van der Waals surface area contributed by atoms with Crippen LogP contribution in [0.3, 0.4) is 0 Å². The van der Waals surface area contributed by atoms with Gasteiger partial charge in [-0.3, -0.25) is 4.79 Å². The van der Waals surface area contributed by atoms with Gasteiger partial charge in [-0.15, -0.1) is 0 Å². The molecule has 0 saturated heterocycles. The Hall–Kier alpha value is -3.16. The molecule has 1 aromatic carbocycles. The van der Waals surface area contributed by atoms with E-state index in [2.05, 4.69) is 10.3 Å². The summed E-state index contributed by atoms with van der Waals surface area (Å²) in [7, 11) is 0. The zero-order valence-electron chi connectivity index (χ0n) is 14.0. The van der Waals surface area contributed by atoms with Crippen molar-refractivity contribution in [2.75, 3.05) is 19.8 Å². The van der Waals surface area contributed by atoms with Gasteiger partial charge in [0, 0.05) is 6.92 Å².